The lowest BCUT2D eigenvalue weighted by atomic mass is 9.95. The lowest BCUT2D eigenvalue weighted by Crippen LogP contribution is -2.54. The number of nitrogens with zero attached hydrogens (tertiary/aromatic N) is 2. The molecule has 230 valence electrons. The molecule has 0 bridgehead atoms. The van der Waals surface area contributed by atoms with Gasteiger partial charge in [-0.05, 0) is 80.5 Å². The third kappa shape index (κ3) is 8.34. The van der Waals surface area contributed by atoms with E-state index in [2.05, 4.69) is 5.32 Å². The molecule has 43 heavy (non-hydrogen) atoms. The number of carbonyl (C=O) groups excluding carboxylic acids is 2. The van der Waals surface area contributed by atoms with Crippen LogP contribution in [-0.4, -0.2) is 50.0 Å². The third-order valence-electron chi connectivity index (χ3n) is 7.88. The smallest absolute Gasteiger partial charge is 0.264 e. The molecule has 1 aliphatic rings. The first-order chi connectivity index (χ1) is 20.6. The molecule has 1 aliphatic carbocycles. The minimum atomic E-state index is -4.13. The summed E-state index contributed by atoms with van der Waals surface area (Å²) in [5.74, 6) is -0.720. The summed E-state index contributed by atoms with van der Waals surface area (Å²) in [5.41, 5.74) is 2.01. The van der Waals surface area contributed by atoms with Gasteiger partial charge in [-0.2, -0.15) is 0 Å². The summed E-state index contributed by atoms with van der Waals surface area (Å²) >= 11 is 8.02. The minimum Gasteiger partial charge on any atom is -0.352 e. The summed E-state index contributed by atoms with van der Waals surface area (Å²) in [5, 5.41) is 3.64. The number of hydrogen-bond acceptors (Lipinski definition) is 5. The Morgan fingerprint density at radius 3 is 2.23 bits per heavy atom. The highest BCUT2D eigenvalue weighted by molar-refractivity contribution is 7.98. The Morgan fingerprint density at radius 2 is 1.63 bits per heavy atom. The summed E-state index contributed by atoms with van der Waals surface area (Å²) in [7, 11) is -4.13. The van der Waals surface area contributed by atoms with E-state index in [1.165, 1.54) is 16.7 Å². The van der Waals surface area contributed by atoms with Gasteiger partial charge in [0, 0.05) is 22.5 Å². The van der Waals surface area contributed by atoms with Crippen molar-refractivity contribution in [1.82, 2.24) is 10.2 Å². The number of anilines is 1. The molecule has 0 heterocycles. The number of sulfonamides is 1. The van der Waals surface area contributed by atoms with Crippen molar-refractivity contribution in [1.29, 1.82) is 0 Å². The first-order valence-corrected chi connectivity index (χ1v) is 17.7. The van der Waals surface area contributed by atoms with Crippen LogP contribution in [0.2, 0.25) is 5.02 Å². The van der Waals surface area contributed by atoms with Crippen molar-refractivity contribution in [2.75, 3.05) is 17.1 Å². The molecule has 7 nitrogen and oxygen atoms in total. The molecule has 4 rings (SSSR count). The molecule has 0 saturated heterocycles. The number of aryl methyl sites for hydroxylation is 1. The molecule has 1 fully saturated rings. The number of rotatable bonds is 12. The maximum atomic E-state index is 14.3. The van der Waals surface area contributed by atoms with E-state index in [0.717, 1.165) is 46.9 Å². The third-order valence-corrected chi connectivity index (χ3v) is 10.8. The summed E-state index contributed by atoms with van der Waals surface area (Å²) in [6, 6.07) is 20.1. The molecule has 0 spiro atoms. The predicted octanol–water partition coefficient (Wildman–Crippen LogP) is 6.82. The van der Waals surface area contributed by atoms with Gasteiger partial charge in [-0.3, -0.25) is 13.9 Å². The van der Waals surface area contributed by atoms with E-state index in [9.17, 15) is 18.0 Å². The van der Waals surface area contributed by atoms with Gasteiger partial charge in [-0.15, -0.1) is 11.8 Å². The zero-order chi connectivity index (χ0) is 31.0. The van der Waals surface area contributed by atoms with Gasteiger partial charge >= 0.3 is 0 Å². The van der Waals surface area contributed by atoms with Gasteiger partial charge in [0.25, 0.3) is 10.0 Å². The Hall–Kier alpha value is -3.01. The molecule has 0 aromatic heterocycles. The first-order valence-electron chi connectivity index (χ1n) is 14.7. The van der Waals surface area contributed by atoms with Crippen molar-refractivity contribution in [2.45, 2.75) is 80.8 Å². The average molecular weight is 642 g/mol. The Labute approximate surface area is 265 Å². The van der Waals surface area contributed by atoms with Crippen LogP contribution in [-0.2, 0) is 26.2 Å². The number of halogens is 1. The van der Waals surface area contributed by atoms with E-state index in [1.807, 2.05) is 44.4 Å². The van der Waals surface area contributed by atoms with Crippen molar-refractivity contribution < 1.29 is 18.0 Å². The van der Waals surface area contributed by atoms with E-state index >= 15 is 0 Å². The van der Waals surface area contributed by atoms with Crippen LogP contribution in [0.25, 0.3) is 0 Å². The lowest BCUT2D eigenvalue weighted by Gasteiger charge is -2.34. The summed E-state index contributed by atoms with van der Waals surface area (Å²) in [6.07, 6.45) is 7.39. The van der Waals surface area contributed by atoms with Crippen LogP contribution in [0.1, 0.15) is 56.6 Å². The van der Waals surface area contributed by atoms with Crippen molar-refractivity contribution in [3.05, 3.63) is 88.9 Å². The van der Waals surface area contributed by atoms with E-state index in [4.69, 9.17) is 11.6 Å². The summed E-state index contributed by atoms with van der Waals surface area (Å²) in [4.78, 5) is 30.4. The van der Waals surface area contributed by atoms with Crippen LogP contribution in [0.4, 0.5) is 5.69 Å². The van der Waals surface area contributed by atoms with E-state index in [0.29, 0.717) is 22.7 Å². The van der Waals surface area contributed by atoms with Crippen LogP contribution in [0.3, 0.4) is 0 Å². The Morgan fingerprint density at radius 1 is 0.977 bits per heavy atom. The van der Waals surface area contributed by atoms with Crippen molar-refractivity contribution in [3.63, 3.8) is 0 Å². The highest BCUT2D eigenvalue weighted by Gasteiger charge is 2.34. The van der Waals surface area contributed by atoms with E-state index in [1.54, 1.807) is 48.5 Å². The largest absolute Gasteiger partial charge is 0.352 e. The second kappa shape index (κ2) is 15.1. The molecule has 1 atom stereocenters. The van der Waals surface area contributed by atoms with Crippen molar-refractivity contribution in [2.24, 2.45) is 0 Å². The molecule has 2 amide bonds. The maximum absolute atomic E-state index is 14.3. The molecule has 0 radical (unpaired) electrons. The van der Waals surface area contributed by atoms with Gasteiger partial charge in [-0.1, -0.05) is 73.7 Å². The van der Waals surface area contributed by atoms with Crippen LogP contribution in [0, 0.1) is 6.92 Å². The highest BCUT2D eigenvalue weighted by atomic mass is 35.5. The van der Waals surface area contributed by atoms with Gasteiger partial charge in [0.05, 0.1) is 10.6 Å². The van der Waals surface area contributed by atoms with E-state index in [-0.39, 0.29) is 23.4 Å². The Bertz CT molecular complexity index is 1490. The van der Waals surface area contributed by atoms with Crippen LogP contribution in [0.15, 0.2) is 82.6 Å². The van der Waals surface area contributed by atoms with Crippen LogP contribution < -0.4 is 9.62 Å². The normalized spacial score (nSPS) is 14.6. The van der Waals surface area contributed by atoms with Gasteiger partial charge < -0.3 is 10.2 Å². The van der Waals surface area contributed by atoms with Crippen molar-refractivity contribution >= 4 is 50.9 Å². The lowest BCUT2D eigenvalue weighted by molar-refractivity contribution is -0.140. The molecule has 1 saturated carbocycles. The molecular weight excluding hydrogens is 602 g/mol. The fraction of sp³-hybridized carbons (Fsp3) is 0.394. The summed E-state index contributed by atoms with van der Waals surface area (Å²) in [6.45, 7) is 3.36. The molecule has 10 heteroatoms. The van der Waals surface area contributed by atoms with Gasteiger partial charge in [0.1, 0.15) is 12.6 Å². The zero-order valence-electron chi connectivity index (χ0n) is 25.0. The zero-order valence-corrected chi connectivity index (χ0v) is 27.4. The summed E-state index contributed by atoms with van der Waals surface area (Å²) < 4.78 is 29.3. The molecule has 3 aromatic carbocycles. The fourth-order valence-electron chi connectivity index (χ4n) is 5.39. The highest BCUT2D eigenvalue weighted by Crippen LogP contribution is 2.27. The Kier molecular flexibility index (Phi) is 11.6. The number of carbonyl (C=O) groups is 2. The number of thioether (sulfide) groups is 1. The standard InChI is InChI=1S/C33H40ClN3O4S2/c1-4-31(33(39)35-26-11-6-5-7-12-26)36(22-25-10-8-9-13-30(25)34)32(38)23-37(27-16-14-24(2)15-17-27)43(40,41)29-20-18-28(42-3)19-21-29/h8-10,13-21,26,31H,4-7,11-12,22-23H2,1-3H3,(H,35,39). The number of hydrogen-bond donors (Lipinski definition) is 1. The number of amides is 2. The number of nitrogens with one attached hydrogen (secondary N) is 1. The molecular formula is C33H40ClN3O4S2. The predicted molar refractivity (Wildman–Crippen MR) is 175 cm³/mol. The van der Waals surface area contributed by atoms with Gasteiger partial charge in [-0.25, -0.2) is 8.42 Å². The average Bonchev–Trinajstić information content (AvgIpc) is 3.01. The first kappa shape index (κ1) is 32.9. The van der Waals surface area contributed by atoms with E-state index < -0.39 is 28.5 Å². The molecule has 1 unspecified atom stereocenters. The van der Waals surface area contributed by atoms with Crippen LogP contribution >= 0.6 is 23.4 Å². The van der Waals surface area contributed by atoms with Crippen LogP contribution in [0.5, 0.6) is 0 Å². The second-order valence-corrected chi connectivity index (χ2v) is 14.1. The Balaban J connectivity index is 1.71. The quantitative estimate of drug-likeness (QED) is 0.219. The fourth-order valence-corrected chi connectivity index (χ4v) is 7.41. The monoisotopic (exact) mass is 641 g/mol. The minimum absolute atomic E-state index is 0.0688. The number of benzene rings is 3. The second-order valence-electron chi connectivity index (χ2n) is 10.9. The topological polar surface area (TPSA) is 86.8 Å². The SMILES string of the molecule is CCC(C(=O)NC1CCCCC1)N(Cc1ccccc1Cl)C(=O)CN(c1ccc(C)cc1)S(=O)(=O)c1ccc(SC)cc1. The van der Waals surface area contributed by atoms with Gasteiger partial charge in [0.2, 0.25) is 11.8 Å². The maximum Gasteiger partial charge on any atom is 0.264 e. The van der Waals surface area contributed by atoms with Crippen molar-refractivity contribution in [3.8, 4) is 0 Å². The molecule has 0 aliphatic heterocycles. The van der Waals surface area contributed by atoms with Gasteiger partial charge in [0.15, 0.2) is 0 Å². The molecule has 1 N–H and O–H groups in total. The molecule has 3 aromatic rings.